The molecule has 0 spiro atoms. The van der Waals surface area contributed by atoms with Gasteiger partial charge in [0.25, 0.3) is 0 Å². The van der Waals surface area contributed by atoms with Gasteiger partial charge in [0.05, 0.1) is 6.42 Å². The van der Waals surface area contributed by atoms with Crippen molar-refractivity contribution >= 4 is 5.78 Å². The van der Waals surface area contributed by atoms with E-state index in [2.05, 4.69) is 18.8 Å². The van der Waals surface area contributed by atoms with Crippen LogP contribution in [0.1, 0.15) is 26.1 Å². The summed E-state index contributed by atoms with van der Waals surface area (Å²) in [5.41, 5.74) is 0. The van der Waals surface area contributed by atoms with Gasteiger partial charge in [-0.15, -0.1) is 0 Å². The first-order chi connectivity index (χ1) is 6.72. The molecule has 2 unspecified atom stereocenters. The number of Topliss-reactive ketones (excluding diaryl/α,β-unsaturated/α-hetero) is 1. The second-order valence-electron chi connectivity index (χ2n) is 4.09. The smallest absolute Gasteiger partial charge is 0.143 e. The minimum atomic E-state index is 0.317. The molecule has 3 nitrogen and oxygen atoms in total. The Morgan fingerprint density at radius 1 is 1.71 bits per heavy atom. The summed E-state index contributed by atoms with van der Waals surface area (Å²) in [7, 11) is 0. The first-order valence-electron chi connectivity index (χ1n) is 5.25. The summed E-state index contributed by atoms with van der Waals surface area (Å²) >= 11 is 0. The van der Waals surface area contributed by atoms with Gasteiger partial charge >= 0.3 is 0 Å². The molecule has 1 aromatic heterocycles. The lowest BCUT2D eigenvalue weighted by atomic mass is 10.1. The van der Waals surface area contributed by atoms with E-state index in [4.69, 9.17) is 0 Å². The summed E-state index contributed by atoms with van der Waals surface area (Å²) < 4.78 is 2.03. The van der Waals surface area contributed by atoms with Crippen LogP contribution in [0.4, 0.5) is 0 Å². The van der Waals surface area contributed by atoms with Gasteiger partial charge in [0.15, 0.2) is 0 Å². The molecule has 0 saturated heterocycles. The first kappa shape index (κ1) is 9.44. The second-order valence-corrected chi connectivity index (χ2v) is 4.09. The molecular formula is C11H16N2O. The fourth-order valence-electron chi connectivity index (χ4n) is 1.85. The largest absolute Gasteiger partial charge is 0.335 e. The predicted molar refractivity (Wildman–Crippen MR) is 53.9 cm³/mol. The lowest BCUT2D eigenvalue weighted by Crippen LogP contribution is -2.11. The molecule has 76 valence electrons. The zero-order valence-corrected chi connectivity index (χ0v) is 8.73. The standard InChI is InChI=1S/C11H16N2O/c1-3-13-5-4-12-11(13)7-10(14)9-6-8(9)2/h4-5,8-9H,3,6-7H2,1-2H3. The Hall–Kier alpha value is -1.12. The fraction of sp³-hybridized carbons (Fsp3) is 0.636. The van der Waals surface area contributed by atoms with E-state index in [1.165, 1.54) is 0 Å². The molecule has 1 heterocycles. The van der Waals surface area contributed by atoms with Gasteiger partial charge in [-0.05, 0) is 19.3 Å². The first-order valence-corrected chi connectivity index (χ1v) is 5.25. The van der Waals surface area contributed by atoms with Crippen LogP contribution in [0.3, 0.4) is 0 Å². The molecule has 3 heteroatoms. The number of nitrogens with zero attached hydrogens (tertiary/aromatic N) is 2. The Balaban J connectivity index is 2.00. The predicted octanol–water partition coefficient (Wildman–Crippen LogP) is 1.67. The van der Waals surface area contributed by atoms with Crippen molar-refractivity contribution in [1.82, 2.24) is 9.55 Å². The van der Waals surface area contributed by atoms with E-state index >= 15 is 0 Å². The average molecular weight is 192 g/mol. The molecule has 0 amide bonds. The highest BCUT2D eigenvalue weighted by Gasteiger charge is 2.38. The molecule has 0 radical (unpaired) electrons. The number of hydrogen-bond acceptors (Lipinski definition) is 2. The SMILES string of the molecule is CCn1ccnc1CC(=O)C1CC1C. The van der Waals surface area contributed by atoms with Crippen molar-refractivity contribution in [1.29, 1.82) is 0 Å². The highest BCUT2D eigenvalue weighted by Crippen LogP contribution is 2.38. The average Bonchev–Trinajstić information content (AvgIpc) is 2.74. The Bertz CT molecular complexity index is 343. The van der Waals surface area contributed by atoms with Crippen LogP contribution in [0.15, 0.2) is 12.4 Å². The second kappa shape index (κ2) is 3.56. The lowest BCUT2D eigenvalue weighted by molar-refractivity contribution is -0.120. The zero-order valence-electron chi connectivity index (χ0n) is 8.73. The molecule has 1 aliphatic carbocycles. The Kier molecular flexibility index (Phi) is 2.40. The van der Waals surface area contributed by atoms with Crippen LogP contribution in [0.5, 0.6) is 0 Å². The maximum Gasteiger partial charge on any atom is 0.143 e. The van der Waals surface area contributed by atoms with Crippen molar-refractivity contribution in [3.05, 3.63) is 18.2 Å². The molecule has 0 N–H and O–H groups in total. The van der Waals surface area contributed by atoms with E-state index < -0.39 is 0 Å². The molecule has 0 aromatic carbocycles. The van der Waals surface area contributed by atoms with E-state index in [9.17, 15) is 4.79 Å². The van der Waals surface area contributed by atoms with Gasteiger partial charge in [0, 0.05) is 24.9 Å². The molecule has 14 heavy (non-hydrogen) atoms. The summed E-state index contributed by atoms with van der Waals surface area (Å²) in [4.78, 5) is 15.9. The van der Waals surface area contributed by atoms with Gasteiger partial charge in [-0.2, -0.15) is 0 Å². The molecular weight excluding hydrogens is 176 g/mol. The van der Waals surface area contributed by atoms with E-state index in [-0.39, 0.29) is 0 Å². The van der Waals surface area contributed by atoms with Crippen molar-refractivity contribution in [3.63, 3.8) is 0 Å². The van der Waals surface area contributed by atoms with Crippen LogP contribution in [0, 0.1) is 11.8 Å². The van der Waals surface area contributed by atoms with Gasteiger partial charge in [-0.3, -0.25) is 4.79 Å². The van der Waals surface area contributed by atoms with Gasteiger partial charge in [0.2, 0.25) is 0 Å². The van der Waals surface area contributed by atoms with E-state index in [0.29, 0.717) is 24.0 Å². The van der Waals surface area contributed by atoms with Crippen LogP contribution >= 0.6 is 0 Å². The van der Waals surface area contributed by atoms with Crippen LogP contribution in [0.2, 0.25) is 0 Å². The van der Waals surface area contributed by atoms with Crippen LogP contribution < -0.4 is 0 Å². The van der Waals surface area contributed by atoms with E-state index in [0.717, 1.165) is 18.8 Å². The Labute approximate surface area is 84.1 Å². The highest BCUT2D eigenvalue weighted by atomic mass is 16.1. The number of rotatable bonds is 4. The highest BCUT2D eigenvalue weighted by molar-refractivity contribution is 5.85. The number of carbonyl (C=O) groups is 1. The number of aromatic nitrogens is 2. The normalized spacial score (nSPS) is 25.0. The minimum absolute atomic E-state index is 0.317. The molecule has 1 aliphatic rings. The molecule has 1 saturated carbocycles. The maximum absolute atomic E-state index is 11.7. The summed E-state index contributed by atoms with van der Waals surface area (Å²) in [6.07, 6.45) is 5.28. The Morgan fingerprint density at radius 2 is 2.43 bits per heavy atom. The number of hydrogen-bond donors (Lipinski definition) is 0. The van der Waals surface area contributed by atoms with Crippen LogP contribution in [-0.2, 0) is 17.8 Å². The van der Waals surface area contributed by atoms with E-state index in [1.807, 2.05) is 10.8 Å². The third-order valence-electron chi connectivity index (χ3n) is 3.00. The molecule has 0 bridgehead atoms. The topological polar surface area (TPSA) is 34.9 Å². The van der Waals surface area contributed by atoms with Gasteiger partial charge in [-0.25, -0.2) is 4.98 Å². The monoisotopic (exact) mass is 192 g/mol. The van der Waals surface area contributed by atoms with Crippen molar-refractivity contribution in [3.8, 4) is 0 Å². The molecule has 0 aliphatic heterocycles. The molecule has 1 aromatic rings. The van der Waals surface area contributed by atoms with Gasteiger partial charge < -0.3 is 4.57 Å². The third kappa shape index (κ3) is 1.72. The van der Waals surface area contributed by atoms with Crippen molar-refractivity contribution < 1.29 is 4.79 Å². The molecule has 2 rings (SSSR count). The zero-order chi connectivity index (χ0) is 10.1. The fourth-order valence-corrected chi connectivity index (χ4v) is 1.85. The van der Waals surface area contributed by atoms with Crippen LogP contribution in [0.25, 0.3) is 0 Å². The maximum atomic E-state index is 11.7. The number of ketones is 1. The van der Waals surface area contributed by atoms with Gasteiger partial charge in [-0.1, -0.05) is 6.92 Å². The lowest BCUT2D eigenvalue weighted by Gasteiger charge is -2.03. The van der Waals surface area contributed by atoms with Crippen molar-refractivity contribution in [2.75, 3.05) is 0 Å². The molecule has 2 atom stereocenters. The van der Waals surface area contributed by atoms with Crippen molar-refractivity contribution in [2.45, 2.75) is 33.2 Å². The summed E-state index contributed by atoms with van der Waals surface area (Å²) in [6.45, 7) is 5.09. The molecule has 1 fully saturated rings. The number of aryl methyl sites for hydroxylation is 1. The third-order valence-corrected chi connectivity index (χ3v) is 3.00. The van der Waals surface area contributed by atoms with Gasteiger partial charge in [0.1, 0.15) is 11.6 Å². The minimum Gasteiger partial charge on any atom is -0.335 e. The summed E-state index contributed by atoms with van der Waals surface area (Å²) in [5, 5.41) is 0. The quantitative estimate of drug-likeness (QED) is 0.727. The summed E-state index contributed by atoms with van der Waals surface area (Å²) in [5.74, 6) is 2.19. The number of imidazole rings is 1. The van der Waals surface area contributed by atoms with Crippen LogP contribution in [-0.4, -0.2) is 15.3 Å². The number of carbonyl (C=O) groups excluding carboxylic acids is 1. The summed E-state index contributed by atoms with van der Waals surface area (Å²) in [6, 6.07) is 0. The van der Waals surface area contributed by atoms with E-state index in [1.54, 1.807) is 6.20 Å². The van der Waals surface area contributed by atoms with Crippen molar-refractivity contribution in [2.24, 2.45) is 11.8 Å². The Morgan fingerprint density at radius 3 is 3.00 bits per heavy atom.